The second-order valence-electron chi connectivity index (χ2n) is 6.49. The zero-order valence-electron chi connectivity index (χ0n) is 16.8. The van der Waals surface area contributed by atoms with Crippen molar-refractivity contribution in [3.8, 4) is 11.5 Å². The van der Waals surface area contributed by atoms with Crippen LogP contribution in [0.3, 0.4) is 0 Å². The van der Waals surface area contributed by atoms with E-state index < -0.39 is 10.0 Å². The summed E-state index contributed by atoms with van der Waals surface area (Å²) < 4.78 is 36.9. The highest BCUT2D eigenvalue weighted by molar-refractivity contribution is 7.89. The molecule has 0 saturated heterocycles. The van der Waals surface area contributed by atoms with Crippen LogP contribution in [-0.2, 0) is 21.4 Å². The molecule has 0 spiro atoms. The van der Waals surface area contributed by atoms with Crippen molar-refractivity contribution in [2.24, 2.45) is 0 Å². The van der Waals surface area contributed by atoms with E-state index in [-0.39, 0.29) is 17.3 Å². The third-order valence-electron chi connectivity index (χ3n) is 4.44. The molecule has 2 aromatic carbocycles. The fourth-order valence-corrected chi connectivity index (χ4v) is 3.89. The van der Waals surface area contributed by atoms with Crippen molar-refractivity contribution in [1.82, 2.24) is 9.21 Å². The molecular weight excluding hydrogens is 380 g/mol. The van der Waals surface area contributed by atoms with Gasteiger partial charge in [-0.3, -0.25) is 4.79 Å². The van der Waals surface area contributed by atoms with Gasteiger partial charge in [0, 0.05) is 20.6 Å². The number of sulfonamides is 1. The highest BCUT2D eigenvalue weighted by Crippen LogP contribution is 2.23. The predicted octanol–water partition coefficient (Wildman–Crippen LogP) is 2.29. The number of methoxy groups -OCH3 is 2. The van der Waals surface area contributed by atoms with Crippen LogP contribution in [0.2, 0.25) is 0 Å². The van der Waals surface area contributed by atoms with Crippen molar-refractivity contribution in [2.45, 2.75) is 18.4 Å². The summed E-state index contributed by atoms with van der Waals surface area (Å²) in [6.07, 6.45) is 0. The third-order valence-corrected chi connectivity index (χ3v) is 6.24. The van der Waals surface area contributed by atoms with E-state index in [1.54, 1.807) is 27.1 Å². The summed E-state index contributed by atoms with van der Waals surface area (Å²) >= 11 is 0. The van der Waals surface area contributed by atoms with Crippen LogP contribution in [0.25, 0.3) is 0 Å². The summed E-state index contributed by atoms with van der Waals surface area (Å²) in [5.74, 6) is 1.04. The van der Waals surface area contributed by atoms with Crippen molar-refractivity contribution < 1.29 is 22.7 Å². The van der Waals surface area contributed by atoms with E-state index >= 15 is 0 Å². The van der Waals surface area contributed by atoms with Crippen molar-refractivity contribution in [3.05, 3.63) is 53.6 Å². The van der Waals surface area contributed by atoms with Gasteiger partial charge in [-0.15, -0.1) is 0 Å². The molecule has 2 rings (SSSR count). The van der Waals surface area contributed by atoms with Gasteiger partial charge < -0.3 is 14.4 Å². The summed E-state index contributed by atoms with van der Waals surface area (Å²) in [7, 11) is 2.37. The smallest absolute Gasteiger partial charge is 0.243 e. The summed E-state index contributed by atoms with van der Waals surface area (Å²) in [6.45, 7) is 1.89. The lowest BCUT2D eigenvalue weighted by Gasteiger charge is -2.22. The first-order chi connectivity index (χ1) is 13.2. The van der Waals surface area contributed by atoms with Crippen LogP contribution in [-0.4, -0.2) is 58.4 Å². The Morgan fingerprint density at radius 2 is 1.64 bits per heavy atom. The van der Waals surface area contributed by atoms with Gasteiger partial charge in [-0.25, -0.2) is 8.42 Å². The molecule has 0 aromatic heterocycles. The number of rotatable bonds is 8. The lowest BCUT2D eigenvalue weighted by Crippen LogP contribution is -2.39. The van der Waals surface area contributed by atoms with Gasteiger partial charge in [-0.05, 0) is 48.4 Å². The summed E-state index contributed by atoms with van der Waals surface area (Å²) in [5.41, 5.74) is 1.63. The number of aryl methyl sites for hydroxylation is 1. The number of hydrogen-bond donors (Lipinski definition) is 0. The minimum absolute atomic E-state index is 0.124. The summed E-state index contributed by atoms with van der Waals surface area (Å²) in [5, 5.41) is 0. The van der Waals surface area contributed by atoms with E-state index in [0.717, 1.165) is 15.6 Å². The number of likely N-dealkylation sites (N-methyl/N-ethyl adjacent to an activating group) is 2. The van der Waals surface area contributed by atoms with Gasteiger partial charge in [0.05, 0.1) is 25.7 Å². The molecule has 152 valence electrons. The third kappa shape index (κ3) is 5.02. The molecule has 2 aromatic rings. The van der Waals surface area contributed by atoms with E-state index in [0.29, 0.717) is 17.9 Å². The Morgan fingerprint density at radius 1 is 1.00 bits per heavy atom. The lowest BCUT2D eigenvalue weighted by atomic mass is 10.2. The van der Waals surface area contributed by atoms with Gasteiger partial charge in [-0.2, -0.15) is 4.31 Å². The van der Waals surface area contributed by atoms with E-state index in [1.165, 1.54) is 31.2 Å². The largest absolute Gasteiger partial charge is 0.497 e. The maximum Gasteiger partial charge on any atom is 0.243 e. The monoisotopic (exact) mass is 406 g/mol. The number of hydrogen-bond acceptors (Lipinski definition) is 5. The molecule has 28 heavy (non-hydrogen) atoms. The van der Waals surface area contributed by atoms with E-state index in [2.05, 4.69) is 0 Å². The second kappa shape index (κ2) is 9.07. The average molecular weight is 407 g/mol. The molecule has 0 N–H and O–H groups in total. The zero-order valence-corrected chi connectivity index (χ0v) is 17.6. The van der Waals surface area contributed by atoms with Gasteiger partial charge in [0.25, 0.3) is 0 Å². The topological polar surface area (TPSA) is 76.2 Å². The SMILES string of the molecule is COc1ccc(CN(C)C(=O)CN(C)S(=O)(=O)c2ccc(OC)c(C)c2)cc1. The van der Waals surface area contributed by atoms with Gasteiger partial charge in [-0.1, -0.05) is 12.1 Å². The fraction of sp³-hybridized carbons (Fsp3) is 0.350. The molecule has 0 fully saturated rings. The first-order valence-electron chi connectivity index (χ1n) is 8.67. The van der Waals surface area contributed by atoms with E-state index in [9.17, 15) is 13.2 Å². The number of amides is 1. The fourth-order valence-electron chi connectivity index (χ4n) is 2.68. The lowest BCUT2D eigenvalue weighted by molar-refractivity contribution is -0.130. The Bertz CT molecular complexity index is 926. The van der Waals surface area contributed by atoms with Crippen LogP contribution in [0.4, 0.5) is 0 Å². The molecule has 0 aliphatic carbocycles. The van der Waals surface area contributed by atoms with Crippen LogP contribution < -0.4 is 9.47 Å². The van der Waals surface area contributed by atoms with Crippen LogP contribution in [0.1, 0.15) is 11.1 Å². The number of carbonyl (C=O) groups is 1. The summed E-state index contributed by atoms with van der Waals surface area (Å²) in [6, 6.07) is 12.0. The first kappa shape index (κ1) is 21.7. The van der Waals surface area contributed by atoms with Crippen LogP contribution in [0, 0.1) is 6.92 Å². The van der Waals surface area contributed by atoms with Gasteiger partial charge in [0.2, 0.25) is 15.9 Å². The highest BCUT2D eigenvalue weighted by atomic mass is 32.2. The molecule has 0 atom stereocenters. The van der Waals surface area contributed by atoms with E-state index in [4.69, 9.17) is 9.47 Å². The van der Waals surface area contributed by atoms with Gasteiger partial charge in [0.15, 0.2) is 0 Å². The number of carbonyl (C=O) groups excluding carboxylic acids is 1. The molecule has 0 heterocycles. The minimum Gasteiger partial charge on any atom is -0.497 e. The van der Waals surface area contributed by atoms with Crippen molar-refractivity contribution in [3.63, 3.8) is 0 Å². The molecule has 8 heteroatoms. The zero-order chi connectivity index (χ0) is 20.9. The molecule has 0 unspecified atom stereocenters. The molecule has 1 amide bonds. The normalized spacial score (nSPS) is 11.4. The van der Waals surface area contributed by atoms with Crippen molar-refractivity contribution in [1.29, 1.82) is 0 Å². The van der Waals surface area contributed by atoms with Gasteiger partial charge >= 0.3 is 0 Å². The van der Waals surface area contributed by atoms with Gasteiger partial charge in [0.1, 0.15) is 11.5 Å². The minimum atomic E-state index is -3.78. The van der Waals surface area contributed by atoms with Crippen molar-refractivity contribution >= 4 is 15.9 Å². The molecule has 7 nitrogen and oxygen atoms in total. The Morgan fingerprint density at radius 3 is 2.18 bits per heavy atom. The highest BCUT2D eigenvalue weighted by Gasteiger charge is 2.25. The molecule has 0 bridgehead atoms. The number of benzene rings is 2. The Balaban J connectivity index is 2.05. The predicted molar refractivity (Wildman–Crippen MR) is 107 cm³/mol. The number of nitrogens with zero attached hydrogens (tertiary/aromatic N) is 2. The standard InChI is InChI=1S/C20H26N2O5S/c1-15-12-18(10-11-19(15)27-5)28(24,25)22(3)14-20(23)21(2)13-16-6-8-17(26-4)9-7-16/h6-12H,13-14H2,1-5H3. The maximum absolute atomic E-state index is 12.8. The molecule has 0 aliphatic rings. The van der Waals surface area contributed by atoms with Crippen LogP contribution in [0.5, 0.6) is 11.5 Å². The molecule has 0 radical (unpaired) electrons. The second-order valence-corrected chi connectivity index (χ2v) is 8.54. The Labute approximate surface area is 166 Å². The summed E-state index contributed by atoms with van der Waals surface area (Å²) in [4.78, 5) is 14.1. The maximum atomic E-state index is 12.8. The van der Waals surface area contributed by atoms with Crippen LogP contribution in [0.15, 0.2) is 47.4 Å². The quantitative estimate of drug-likeness (QED) is 0.672. The van der Waals surface area contributed by atoms with Crippen LogP contribution >= 0.6 is 0 Å². The Hall–Kier alpha value is -2.58. The van der Waals surface area contributed by atoms with Crippen molar-refractivity contribution in [2.75, 3.05) is 34.9 Å². The average Bonchev–Trinajstić information content (AvgIpc) is 2.68. The molecule has 0 aliphatic heterocycles. The first-order valence-corrected chi connectivity index (χ1v) is 10.1. The molecule has 0 saturated carbocycles. The Kier molecular flexibility index (Phi) is 7.04. The van der Waals surface area contributed by atoms with E-state index in [1.807, 2.05) is 24.3 Å². The molecular formula is C20H26N2O5S. The number of ether oxygens (including phenoxy) is 2.